The fraction of sp³-hybridized carbons (Fsp3) is 0.381. The molecular weight excluding hydrogens is 354 g/mol. The Morgan fingerprint density at radius 3 is 2.89 bits per heavy atom. The van der Waals surface area contributed by atoms with Crippen LogP contribution in [0.4, 0.5) is 0 Å². The van der Waals surface area contributed by atoms with Crippen LogP contribution in [0.5, 0.6) is 0 Å². The second kappa shape index (κ2) is 5.86. The quantitative estimate of drug-likeness (QED) is 0.838. The fourth-order valence-electron chi connectivity index (χ4n) is 4.33. The minimum Gasteiger partial charge on any atom is -0.338 e. The van der Waals surface area contributed by atoms with Gasteiger partial charge in [0.05, 0.1) is 24.7 Å². The van der Waals surface area contributed by atoms with Crippen LogP contribution >= 0.6 is 0 Å². The van der Waals surface area contributed by atoms with Gasteiger partial charge in [-0.2, -0.15) is 0 Å². The van der Waals surface area contributed by atoms with Crippen molar-refractivity contribution in [1.82, 2.24) is 19.9 Å². The molecule has 7 heteroatoms. The SMILES string of the molecule is [C-]#[N+]C1CN(C(=O)C(c2nc3c([nH]2)C(=O)C2=CCc4nccc-3c42)C(C)C)C1. The molecule has 2 aromatic heterocycles. The molecule has 7 nitrogen and oxygen atoms in total. The van der Waals surface area contributed by atoms with E-state index in [4.69, 9.17) is 11.6 Å². The fourth-order valence-corrected chi connectivity index (χ4v) is 4.33. The Kier molecular flexibility index (Phi) is 3.53. The molecule has 0 saturated carbocycles. The standard InChI is InChI=1S/C21H19N5O2/c1-10(2)15(21(28)26-8-11(9-26)22-3)20-24-17-12-6-7-23-14-5-4-13(16(12)14)19(27)18(17)25-20/h4,6-7,10-11,15H,5,8-9H2,1-2H3,(H,24,25). The van der Waals surface area contributed by atoms with E-state index in [9.17, 15) is 9.59 Å². The molecule has 1 fully saturated rings. The van der Waals surface area contributed by atoms with Crippen LogP contribution in [-0.4, -0.2) is 50.7 Å². The molecule has 0 spiro atoms. The predicted molar refractivity (Wildman–Crippen MR) is 102 cm³/mol. The third kappa shape index (κ3) is 2.21. The summed E-state index contributed by atoms with van der Waals surface area (Å²) in [6, 6.07) is 1.78. The van der Waals surface area contributed by atoms with Crippen LogP contribution < -0.4 is 0 Å². The van der Waals surface area contributed by atoms with E-state index in [1.807, 2.05) is 26.0 Å². The molecule has 28 heavy (non-hydrogen) atoms. The number of aromatic nitrogens is 3. The summed E-state index contributed by atoms with van der Waals surface area (Å²) in [7, 11) is 0. The number of ketones is 1. The monoisotopic (exact) mass is 373 g/mol. The van der Waals surface area contributed by atoms with Crippen molar-refractivity contribution in [2.45, 2.75) is 32.2 Å². The molecule has 5 rings (SSSR count). The summed E-state index contributed by atoms with van der Waals surface area (Å²) >= 11 is 0. The van der Waals surface area contributed by atoms with Crippen LogP contribution in [0.25, 0.3) is 21.7 Å². The maximum Gasteiger partial charge on any atom is 0.258 e. The van der Waals surface area contributed by atoms with Gasteiger partial charge >= 0.3 is 0 Å². The average Bonchev–Trinajstić information content (AvgIpc) is 3.24. The van der Waals surface area contributed by atoms with Gasteiger partial charge in [0, 0.05) is 29.3 Å². The molecule has 140 valence electrons. The van der Waals surface area contributed by atoms with Crippen LogP contribution in [-0.2, 0) is 11.2 Å². The number of imidazole rings is 1. The Bertz CT molecular complexity index is 1100. The largest absolute Gasteiger partial charge is 0.338 e. The zero-order chi connectivity index (χ0) is 19.6. The second-order valence-electron chi connectivity index (χ2n) is 7.92. The van der Waals surface area contributed by atoms with Crippen LogP contribution in [0.1, 0.15) is 47.3 Å². The molecule has 1 amide bonds. The normalized spacial score (nSPS) is 18.3. The summed E-state index contributed by atoms with van der Waals surface area (Å²) in [4.78, 5) is 43.6. The molecule has 1 unspecified atom stereocenters. The molecule has 0 bridgehead atoms. The van der Waals surface area contributed by atoms with Gasteiger partial charge < -0.3 is 14.7 Å². The summed E-state index contributed by atoms with van der Waals surface area (Å²) in [5.41, 5.74) is 4.42. The number of carbonyl (C=O) groups is 2. The smallest absolute Gasteiger partial charge is 0.258 e. The van der Waals surface area contributed by atoms with Crippen molar-refractivity contribution in [2.75, 3.05) is 13.1 Å². The van der Waals surface area contributed by atoms with Crippen molar-refractivity contribution in [3.63, 3.8) is 0 Å². The lowest BCUT2D eigenvalue weighted by molar-refractivity contribution is -0.137. The van der Waals surface area contributed by atoms with Gasteiger partial charge in [0.25, 0.3) is 6.04 Å². The van der Waals surface area contributed by atoms with Crippen molar-refractivity contribution in [1.29, 1.82) is 0 Å². The van der Waals surface area contributed by atoms with Crippen molar-refractivity contribution < 1.29 is 9.59 Å². The first-order chi connectivity index (χ1) is 13.5. The number of Topliss-reactive ketones (excluding diaryl/α,β-unsaturated/α-hetero) is 1. The number of hydrogen-bond donors (Lipinski definition) is 1. The van der Waals surface area contributed by atoms with E-state index in [-0.39, 0.29) is 23.7 Å². The molecule has 0 aromatic carbocycles. The van der Waals surface area contributed by atoms with Gasteiger partial charge in [0.2, 0.25) is 11.7 Å². The van der Waals surface area contributed by atoms with Crippen LogP contribution in [0, 0.1) is 12.5 Å². The number of carbonyl (C=O) groups excluding carboxylic acids is 2. The number of allylic oxidation sites excluding steroid dienone is 2. The molecule has 1 aliphatic heterocycles. The number of nitrogens with one attached hydrogen (secondary N) is 1. The van der Waals surface area contributed by atoms with E-state index >= 15 is 0 Å². The Labute approximate surface area is 162 Å². The Hall–Kier alpha value is -3.27. The lowest BCUT2D eigenvalue weighted by Gasteiger charge is -2.35. The number of aromatic amines is 1. The van der Waals surface area contributed by atoms with E-state index in [2.05, 4.69) is 14.8 Å². The van der Waals surface area contributed by atoms with Crippen LogP contribution in [0.2, 0.25) is 0 Å². The zero-order valence-electron chi connectivity index (χ0n) is 15.7. The van der Waals surface area contributed by atoms with Gasteiger partial charge in [0.15, 0.2) is 0 Å². The van der Waals surface area contributed by atoms with Crippen LogP contribution in [0.3, 0.4) is 0 Å². The second-order valence-corrected chi connectivity index (χ2v) is 7.92. The van der Waals surface area contributed by atoms with Gasteiger partial charge in [-0.25, -0.2) is 11.6 Å². The van der Waals surface area contributed by atoms with E-state index in [1.54, 1.807) is 11.1 Å². The Balaban J connectivity index is 1.57. The summed E-state index contributed by atoms with van der Waals surface area (Å²) < 4.78 is 0. The summed E-state index contributed by atoms with van der Waals surface area (Å²) in [6.45, 7) is 12.0. The number of amides is 1. The van der Waals surface area contributed by atoms with E-state index in [0.29, 0.717) is 42.3 Å². The molecule has 3 aliphatic rings. The van der Waals surface area contributed by atoms with Gasteiger partial charge in [-0.05, 0) is 12.0 Å². The summed E-state index contributed by atoms with van der Waals surface area (Å²) in [5.74, 6) is -0.0505. The predicted octanol–water partition coefficient (Wildman–Crippen LogP) is 2.48. The van der Waals surface area contributed by atoms with Crippen LogP contribution in [0.15, 0.2) is 18.3 Å². The molecule has 2 aromatic rings. The maximum absolute atomic E-state index is 13.1. The maximum atomic E-state index is 13.1. The number of hydrogen-bond acceptors (Lipinski definition) is 4. The molecule has 0 radical (unpaired) electrons. The van der Waals surface area contributed by atoms with Gasteiger partial charge in [-0.15, -0.1) is 0 Å². The highest BCUT2D eigenvalue weighted by molar-refractivity contribution is 6.34. The lowest BCUT2D eigenvalue weighted by Crippen LogP contribution is -2.54. The number of rotatable bonds is 3. The highest BCUT2D eigenvalue weighted by Crippen LogP contribution is 2.43. The minimum absolute atomic E-state index is 0.0117. The summed E-state index contributed by atoms with van der Waals surface area (Å²) in [6.07, 6.45) is 4.32. The summed E-state index contributed by atoms with van der Waals surface area (Å²) in [5, 5.41) is 0. The topological polar surface area (TPSA) is 83.3 Å². The number of H-pyrrole nitrogens is 1. The van der Waals surface area contributed by atoms with E-state index in [0.717, 1.165) is 16.8 Å². The van der Waals surface area contributed by atoms with Gasteiger partial charge in [-0.1, -0.05) is 19.9 Å². The minimum atomic E-state index is -0.467. The molecular formula is C21H19N5O2. The number of nitrogens with zero attached hydrogens (tertiary/aromatic N) is 4. The lowest BCUT2D eigenvalue weighted by atomic mass is 9.89. The first-order valence-electron chi connectivity index (χ1n) is 9.48. The molecule has 1 N–H and O–H groups in total. The average molecular weight is 373 g/mol. The third-order valence-electron chi connectivity index (χ3n) is 5.83. The molecule has 1 saturated heterocycles. The first kappa shape index (κ1) is 16.9. The van der Waals surface area contributed by atoms with Crippen molar-refractivity contribution in [2.24, 2.45) is 5.92 Å². The Morgan fingerprint density at radius 2 is 2.18 bits per heavy atom. The Morgan fingerprint density at radius 1 is 1.39 bits per heavy atom. The molecule has 2 aliphatic carbocycles. The highest BCUT2D eigenvalue weighted by Gasteiger charge is 2.42. The molecule has 3 heterocycles. The molecule has 1 atom stereocenters. The number of fused-ring (bicyclic) bond motifs is 2. The van der Waals surface area contributed by atoms with Crippen molar-refractivity contribution in [3.05, 3.63) is 52.5 Å². The van der Waals surface area contributed by atoms with Gasteiger partial charge in [0.1, 0.15) is 17.2 Å². The van der Waals surface area contributed by atoms with E-state index in [1.165, 1.54) is 0 Å². The van der Waals surface area contributed by atoms with Crippen molar-refractivity contribution >= 4 is 17.3 Å². The zero-order valence-corrected chi connectivity index (χ0v) is 15.7. The van der Waals surface area contributed by atoms with Gasteiger partial charge in [-0.3, -0.25) is 14.6 Å². The number of likely N-dealkylation sites (tertiary alicyclic amines) is 1. The number of pyridine rings is 1. The van der Waals surface area contributed by atoms with Crippen molar-refractivity contribution in [3.8, 4) is 11.3 Å². The highest BCUT2D eigenvalue weighted by atomic mass is 16.2. The van der Waals surface area contributed by atoms with E-state index < -0.39 is 5.92 Å². The third-order valence-corrected chi connectivity index (χ3v) is 5.83. The first-order valence-corrected chi connectivity index (χ1v) is 9.48.